The summed E-state index contributed by atoms with van der Waals surface area (Å²) in [7, 11) is 3.56. The topological polar surface area (TPSA) is 27.1 Å². The highest BCUT2D eigenvalue weighted by molar-refractivity contribution is 7.16. The van der Waals surface area contributed by atoms with Crippen molar-refractivity contribution >= 4 is 21.6 Å². The minimum Gasteiger partial charge on any atom is -0.479 e. The number of nitrogens with zero attached hydrogens (tertiary/aromatic N) is 2. The van der Waals surface area contributed by atoms with E-state index in [-0.39, 0.29) is 0 Å². The molecule has 2 aromatic rings. The molecule has 0 amide bonds. The predicted molar refractivity (Wildman–Crippen MR) is 45.1 cm³/mol. The van der Waals surface area contributed by atoms with Crippen molar-refractivity contribution in [3.63, 3.8) is 0 Å². The highest BCUT2D eigenvalue weighted by atomic mass is 32.1. The van der Waals surface area contributed by atoms with Gasteiger partial charge in [0.25, 0.3) is 0 Å². The van der Waals surface area contributed by atoms with E-state index in [2.05, 4.69) is 5.10 Å². The molecule has 0 aliphatic carbocycles. The van der Waals surface area contributed by atoms with Crippen LogP contribution in [0.15, 0.2) is 11.4 Å². The molecule has 2 aromatic heterocycles. The van der Waals surface area contributed by atoms with Crippen LogP contribution in [0.25, 0.3) is 10.2 Å². The van der Waals surface area contributed by atoms with Gasteiger partial charge in [0.2, 0.25) is 5.88 Å². The molecule has 0 fully saturated rings. The van der Waals surface area contributed by atoms with Crippen molar-refractivity contribution in [3.8, 4) is 5.88 Å². The van der Waals surface area contributed by atoms with Crippen LogP contribution >= 0.6 is 11.3 Å². The summed E-state index contributed by atoms with van der Waals surface area (Å²) in [4.78, 5) is 1.15. The molecule has 0 N–H and O–H groups in total. The van der Waals surface area contributed by atoms with Gasteiger partial charge in [-0.05, 0) is 11.4 Å². The Morgan fingerprint density at radius 1 is 1.64 bits per heavy atom. The molecule has 0 aliphatic heterocycles. The molecule has 0 aliphatic rings. The predicted octanol–water partition coefficient (Wildman–Crippen LogP) is 1.64. The number of methoxy groups -OCH3 is 1. The second-order valence-corrected chi connectivity index (χ2v) is 3.17. The Balaban J connectivity index is 2.80. The maximum atomic E-state index is 5.08. The Kier molecular flexibility index (Phi) is 1.35. The first-order valence-corrected chi connectivity index (χ1v) is 4.15. The van der Waals surface area contributed by atoms with Gasteiger partial charge in [0.05, 0.1) is 12.5 Å². The summed E-state index contributed by atoms with van der Waals surface area (Å²) in [6, 6.07) is 2.02. The zero-order valence-corrected chi connectivity index (χ0v) is 7.18. The van der Waals surface area contributed by atoms with Gasteiger partial charge < -0.3 is 4.74 Å². The molecule has 4 heteroatoms. The van der Waals surface area contributed by atoms with Crippen molar-refractivity contribution in [2.24, 2.45) is 7.05 Å². The van der Waals surface area contributed by atoms with Gasteiger partial charge in [0.15, 0.2) is 0 Å². The molecule has 0 saturated carbocycles. The zero-order chi connectivity index (χ0) is 7.84. The SMILES string of the molecule is COc1nn(C)c2sccc12. The van der Waals surface area contributed by atoms with Crippen LogP contribution in [0.3, 0.4) is 0 Å². The number of thiophene rings is 1. The molecular formula is C7H8N2OS. The third-order valence-corrected chi connectivity index (χ3v) is 2.58. The maximum absolute atomic E-state index is 5.08. The Morgan fingerprint density at radius 2 is 2.45 bits per heavy atom. The molecule has 0 unspecified atom stereocenters. The van der Waals surface area contributed by atoms with Crippen LogP contribution in [-0.4, -0.2) is 16.9 Å². The molecule has 0 radical (unpaired) electrons. The Labute approximate surface area is 68.2 Å². The van der Waals surface area contributed by atoms with E-state index >= 15 is 0 Å². The highest BCUT2D eigenvalue weighted by Crippen LogP contribution is 2.27. The van der Waals surface area contributed by atoms with Gasteiger partial charge in [0.1, 0.15) is 4.83 Å². The lowest BCUT2D eigenvalue weighted by Crippen LogP contribution is -1.89. The van der Waals surface area contributed by atoms with Crippen LogP contribution in [0, 0.1) is 0 Å². The van der Waals surface area contributed by atoms with Crippen LogP contribution in [0.1, 0.15) is 0 Å². The van der Waals surface area contributed by atoms with E-state index in [1.807, 2.05) is 23.2 Å². The molecule has 11 heavy (non-hydrogen) atoms. The number of fused-ring (bicyclic) bond motifs is 1. The second kappa shape index (κ2) is 2.23. The number of ether oxygens (including phenoxy) is 1. The van der Waals surface area contributed by atoms with Gasteiger partial charge in [-0.25, -0.2) is 0 Å². The first-order valence-electron chi connectivity index (χ1n) is 3.27. The minimum absolute atomic E-state index is 0.712. The zero-order valence-electron chi connectivity index (χ0n) is 6.37. The maximum Gasteiger partial charge on any atom is 0.241 e. The van der Waals surface area contributed by atoms with Crippen molar-refractivity contribution in [2.45, 2.75) is 0 Å². The summed E-state index contributed by atoms with van der Waals surface area (Å²) >= 11 is 1.67. The van der Waals surface area contributed by atoms with Crippen LogP contribution in [0.4, 0.5) is 0 Å². The quantitative estimate of drug-likeness (QED) is 0.647. The number of aromatic nitrogens is 2. The van der Waals surface area contributed by atoms with Gasteiger partial charge in [-0.2, -0.15) is 0 Å². The third-order valence-electron chi connectivity index (χ3n) is 1.60. The van der Waals surface area contributed by atoms with Crippen molar-refractivity contribution in [1.29, 1.82) is 0 Å². The average molecular weight is 168 g/mol. The van der Waals surface area contributed by atoms with E-state index < -0.39 is 0 Å². The largest absolute Gasteiger partial charge is 0.479 e. The molecule has 0 spiro atoms. The Bertz CT molecular complexity index is 377. The van der Waals surface area contributed by atoms with Crippen LogP contribution in [0.2, 0.25) is 0 Å². The monoisotopic (exact) mass is 168 g/mol. The number of hydrogen-bond donors (Lipinski definition) is 0. The van der Waals surface area contributed by atoms with E-state index in [0.717, 1.165) is 10.2 Å². The summed E-state index contributed by atoms with van der Waals surface area (Å²) in [5.41, 5.74) is 0. The Morgan fingerprint density at radius 3 is 3.18 bits per heavy atom. The third kappa shape index (κ3) is 0.826. The van der Waals surface area contributed by atoms with Crippen molar-refractivity contribution < 1.29 is 4.74 Å². The van der Waals surface area contributed by atoms with Gasteiger partial charge in [-0.1, -0.05) is 0 Å². The molecule has 58 valence electrons. The molecule has 3 nitrogen and oxygen atoms in total. The summed E-state index contributed by atoms with van der Waals surface area (Å²) < 4.78 is 6.91. The first kappa shape index (κ1) is 6.67. The lowest BCUT2D eigenvalue weighted by Gasteiger charge is -1.89. The van der Waals surface area contributed by atoms with E-state index in [1.54, 1.807) is 18.4 Å². The molecular weight excluding hydrogens is 160 g/mol. The molecule has 2 rings (SSSR count). The smallest absolute Gasteiger partial charge is 0.241 e. The summed E-state index contributed by atoms with van der Waals surface area (Å²) in [5.74, 6) is 0.712. The number of hydrogen-bond acceptors (Lipinski definition) is 3. The lowest BCUT2D eigenvalue weighted by atomic mass is 10.4. The fourth-order valence-electron chi connectivity index (χ4n) is 1.10. The second-order valence-electron chi connectivity index (χ2n) is 2.27. The minimum atomic E-state index is 0.712. The normalized spacial score (nSPS) is 10.7. The van der Waals surface area contributed by atoms with Crippen LogP contribution in [0.5, 0.6) is 5.88 Å². The Hall–Kier alpha value is -1.03. The molecule has 0 aromatic carbocycles. The molecule has 0 bridgehead atoms. The fourth-order valence-corrected chi connectivity index (χ4v) is 1.91. The van der Waals surface area contributed by atoms with Crippen LogP contribution in [-0.2, 0) is 7.05 Å². The van der Waals surface area contributed by atoms with Gasteiger partial charge in [-0.3, -0.25) is 4.68 Å². The number of aryl methyl sites for hydroxylation is 1. The molecule has 0 saturated heterocycles. The van der Waals surface area contributed by atoms with E-state index in [4.69, 9.17) is 4.74 Å². The van der Waals surface area contributed by atoms with Gasteiger partial charge in [-0.15, -0.1) is 16.4 Å². The van der Waals surface area contributed by atoms with E-state index in [0.29, 0.717) is 5.88 Å². The highest BCUT2D eigenvalue weighted by Gasteiger charge is 2.08. The number of rotatable bonds is 1. The summed E-state index contributed by atoms with van der Waals surface area (Å²) in [6.45, 7) is 0. The first-order chi connectivity index (χ1) is 5.33. The van der Waals surface area contributed by atoms with Crippen LogP contribution < -0.4 is 4.74 Å². The summed E-state index contributed by atoms with van der Waals surface area (Å²) in [5, 5.41) is 7.31. The van der Waals surface area contributed by atoms with Crippen molar-refractivity contribution in [2.75, 3.05) is 7.11 Å². The fraction of sp³-hybridized carbons (Fsp3) is 0.286. The molecule has 2 heterocycles. The summed E-state index contributed by atoms with van der Waals surface area (Å²) in [6.07, 6.45) is 0. The van der Waals surface area contributed by atoms with Gasteiger partial charge in [0, 0.05) is 7.05 Å². The van der Waals surface area contributed by atoms with E-state index in [1.165, 1.54) is 0 Å². The van der Waals surface area contributed by atoms with Crippen molar-refractivity contribution in [3.05, 3.63) is 11.4 Å². The van der Waals surface area contributed by atoms with E-state index in [9.17, 15) is 0 Å². The van der Waals surface area contributed by atoms with Gasteiger partial charge >= 0.3 is 0 Å². The standard InChI is InChI=1S/C7H8N2OS/c1-9-7-5(3-4-11-7)6(8-9)10-2/h3-4H,1-2H3. The van der Waals surface area contributed by atoms with Crippen molar-refractivity contribution in [1.82, 2.24) is 9.78 Å². The lowest BCUT2D eigenvalue weighted by molar-refractivity contribution is 0.396. The average Bonchev–Trinajstić information content (AvgIpc) is 2.54. The molecule has 0 atom stereocenters.